The van der Waals surface area contributed by atoms with Gasteiger partial charge in [-0.05, 0) is 12.1 Å². The summed E-state index contributed by atoms with van der Waals surface area (Å²) >= 11 is 11.3. The Hall–Kier alpha value is -3.58. The molecule has 0 radical (unpaired) electrons. The van der Waals surface area contributed by atoms with E-state index in [0.717, 1.165) is 24.3 Å². The number of benzene rings is 2. The molecule has 0 aliphatic heterocycles. The van der Waals surface area contributed by atoms with E-state index in [9.17, 15) is 40.5 Å². The fourth-order valence-electron chi connectivity index (χ4n) is 1.98. The molecule has 15 heteroatoms. The highest BCUT2D eigenvalue weighted by Crippen LogP contribution is 2.46. The summed E-state index contributed by atoms with van der Waals surface area (Å²) < 4.78 is 5.10. The van der Waals surface area contributed by atoms with Gasteiger partial charge in [-0.3, -0.25) is 40.5 Å². The summed E-state index contributed by atoms with van der Waals surface area (Å²) in [6, 6.07) is 3.20. The van der Waals surface area contributed by atoms with Crippen LogP contribution in [0.15, 0.2) is 24.3 Å². The van der Waals surface area contributed by atoms with Crippen LogP contribution < -0.4 is 4.74 Å². The maximum absolute atomic E-state index is 11.2. The zero-order valence-corrected chi connectivity index (χ0v) is 14.0. The van der Waals surface area contributed by atoms with Crippen molar-refractivity contribution in [3.63, 3.8) is 0 Å². The molecule has 0 fully saturated rings. The average molecular weight is 419 g/mol. The van der Waals surface area contributed by atoms with Gasteiger partial charge < -0.3 is 4.74 Å². The van der Waals surface area contributed by atoms with E-state index >= 15 is 0 Å². The number of hydrogen-bond donors (Lipinski definition) is 0. The predicted molar refractivity (Wildman–Crippen MR) is 89.6 cm³/mol. The molecule has 0 amide bonds. The molecule has 0 aliphatic rings. The van der Waals surface area contributed by atoms with E-state index in [4.69, 9.17) is 27.9 Å². The molecule has 2 rings (SSSR count). The van der Waals surface area contributed by atoms with Gasteiger partial charge in [0, 0.05) is 12.1 Å². The molecule has 0 unspecified atom stereocenters. The van der Waals surface area contributed by atoms with Crippen LogP contribution in [0, 0.1) is 40.5 Å². The molecular weight excluding hydrogens is 415 g/mol. The summed E-state index contributed by atoms with van der Waals surface area (Å²) in [5, 5.41) is 42.4. The highest BCUT2D eigenvalue weighted by Gasteiger charge is 2.33. The summed E-state index contributed by atoms with van der Waals surface area (Å²) in [5.41, 5.74) is -3.61. The van der Waals surface area contributed by atoms with Gasteiger partial charge in [0.1, 0.15) is 0 Å². The van der Waals surface area contributed by atoms with Gasteiger partial charge in [0.05, 0.1) is 19.7 Å². The van der Waals surface area contributed by atoms with Crippen molar-refractivity contribution in [3.05, 3.63) is 74.8 Å². The first kappa shape index (κ1) is 19.7. The molecule has 13 nitrogen and oxygen atoms in total. The molecule has 0 aliphatic carbocycles. The van der Waals surface area contributed by atoms with Gasteiger partial charge in [-0.15, -0.1) is 0 Å². The van der Waals surface area contributed by atoms with Gasteiger partial charge >= 0.3 is 11.4 Å². The average Bonchev–Trinajstić information content (AvgIpc) is 2.53. The minimum Gasteiger partial charge on any atom is -0.443 e. The Morgan fingerprint density at radius 3 is 1.22 bits per heavy atom. The summed E-state index contributed by atoms with van der Waals surface area (Å²) in [5.74, 6) is -1.33. The first-order valence-corrected chi connectivity index (χ1v) is 7.22. The Labute approximate surface area is 157 Å². The second kappa shape index (κ2) is 7.35. The molecule has 2 aromatic carbocycles. The first-order valence-electron chi connectivity index (χ1n) is 6.46. The van der Waals surface area contributed by atoms with Gasteiger partial charge in [-0.2, -0.15) is 0 Å². The summed E-state index contributed by atoms with van der Waals surface area (Å²) in [6.45, 7) is 0. The van der Waals surface area contributed by atoms with Crippen molar-refractivity contribution in [2.45, 2.75) is 0 Å². The van der Waals surface area contributed by atoms with Crippen LogP contribution in [0.3, 0.4) is 0 Å². The highest BCUT2D eigenvalue weighted by molar-refractivity contribution is 6.35. The van der Waals surface area contributed by atoms with E-state index in [2.05, 4.69) is 0 Å². The molecular formula is C12H4Cl2N4O9. The smallest absolute Gasteiger partial charge is 0.337 e. The molecule has 140 valence electrons. The second-order valence-corrected chi connectivity index (χ2v) is 5.38. The Morgan fingerprint density at radius 1 is 0.630 bits per heavy atom. The Bertz CT molecular complexity index is 931. The lowest BCUT2D eigenvalue weighted by atomic mass is 10.2. The predicted octanol–water partition coefficient (Wildman–Crippen LogP) is 4.42. The van der Waals surface area contributed by atoms with Crippen molar-refractivity contribution < 1.29 is 24.4 Å². The van der Waals surface area contributed by atoms with Crippen molar-refractivity contribution in [2.24, 2.45) is 0 Å². The zero-order valence-electron chi connectivity index (χ0n) is 12.5. The third kappa shape index (κ3) is 3.68. The van der Waals surface area contributed by atoms with Crippen molar-refractivity contribution >= 4 is 46.0 Å². The summed E-state index contributed by atoms with van der Waals surface area (Å²) in [4.78, 5) is 40.0. The number of nitrogens with zero attached hydrogens (tertiary/aromatic N) is 4. The van der Waals surface area contributed by atoms with Crippen molar-refractivity contribution in [1.82, 2.24) is 0 Å². The largest absolute Gasteiger partial charge is 0.443 e. The summed E-state index contributed by atoms with van der Waals surface area (Å²) in [7, 11) is 0. The molecule has 0 heterocycles. The molecule has 2 aromatic rings. The SMILES string of the molecule is O=[N+]([O-])c1ccc(Oc2ccc([N+](=O)[O-])c(Cl)c2[N+](=O)[O-])c([N+](=O)[O-])c1Cl. The molecule has 0 saturated carbocycles. The zero-order chi connectivity index (χ0) is 20.5. The molecule has 27 heavy (non-hydrogen) atoms. The highest BCUT2D eigenvalue weighted by atomic mass is 35.5. The minimum absolute atomic E-state index is 0.663. The van der Waals surface area contributed by atoms with E-state index in [1.165, 1.54) is 0 Å². The van der Waals surface area contributed by atoms with Crippen molar-refractivity contribution in [1.29, 1.82) is 0 Å². The van der Waals surface area contributed by atoms with Crippen LogP contribution >= 0.6 is 23.2 Å². The van der Waals surface area contributed by atoms with E-state index < -0.39 is 64.0 Å². The number of ether oxygens (including phenoxy) is 1. The lowest BCUT2D eigenvalue weighted by Gasteiger charge is -2.08. The molecule has 0 N–H and O–H groups in total. The number of hydrogen-bond acceptors (Lipinski definition) is 9. The maximum atomic E-state index is 11.2. The van der Waals surface area contributed by atoms with Crippen LogP contribution in [-0.2, 0) is 0 Å². The maximum Gasteiger partial charge on any atom is 0.337 e. The van der Waals surface area contributed by atoms with Gasteiger partial charge in [-0.1, -0.05) is 23.2 Å². The van der Waals surface area contributed by atoms with E-state index in [1.54, 1.807) is 0 Å². The Balaban J connectivity index is 2.67. The minimum atomic E-state index is -1.08. The number of nitro groups is 4. The number of halogens is 2. The molecule has 0 bridgehead atoms. The van der Waals surface area contributed by atoms with E-state index in [0.29, 0.717) is 0 Å². The van der Waals surface area contributed by atoms with Crippen LogP contribution in [0.25, 0.3) is 0 Å². The standard InChI is InChI=1S/C12H4Cl2N4O9/c13-9-5(15(19)20)1-3-7(11(9)17(23)24)27-8-4-2-6(16(21)22)10(14)12(8)18(25)26/h1-4H. The monoisotopic (exact) mass is 418 g/mol. The van der Waals surface area contributed by atoms with Crippen LogP contribution in [-0.4, -0.2) is 19.7 Å². The molecule has 0 atom stereocenters. The molecule has 0 saturated heterocycles. The van der Waals surface area contributed by atoms with Crippen LogP contribution in [0.4, 0.5) is 22.7 Å². The third-order valence-electron chi connectivity index (χ3n) is 3.10. The van der Waals surface area contributed by atoms with Crippen molar-refractivity contribution in [2.75, 3.05) is 0 Å². The fourth-order valence-corrected chi connectivity index (χ4v) is 2.57. The van der Waals surface area contributed by atoms with E-state index in [-0.39, 0.29) is 0 Å². The molecule has 0 spiro atoms. The third-order valence-corrected chi connectivity index (χ3v) is 3.84. The van der Waals surface area contributed by atoms with Gasteiger partial charge in [0.2, 0.25) is 11.5 Å². The Morgan fingerprint density at radius 2 is 0.963 bits per heavy atom. The summed E-state index contributed by atoms with van der Waals surface area (Å²) in [6.07, 6.45) is 0. The molecule has 0 aromatic heterocycles. The quantitative estimate of drug-likeness (QED) is 0.483. The van der Waals surface area contributed by atoms with Crippen LogP contribution in [0.5, 0.6) is 11.5 Å². The first-order chi connectivity index (χ1) is 12.6. The second-order valence-electron chi connectivity index (χ2n) is 4.62. The van der Waals surface area contributed by atoms with Gasteiger partial charge in [0.25, 0.3) is 11.4 Å². The lowest BCUT2D eigenvalue weighted by molar-refractivity contribution is -0.395. The van der Waals surface area contributed by atoms with Crippen LogP contribution in [0.2, 0.25) is 10.0 Å². The van der Waals surface area contributed by atoms with Crippen LogP contribution in [0.1, 0.15) is 0 Å². The Kier molecular flexibility index (Phi) is 5.37. The lowest BCUT2D eigenvalue weighted by Crippen LogP contribution is -2.01. The van der Waals surface area contributed by atoms with Gasteiger partial charge in [0.15, 0.2) is 10.0 Å². The number of nitro benzene ring substituents is 4. The fraction of sp³-hybridized carbons (Fsp3) is 0. The van der Waals surface area contributed by atoms with Crippen molar-refractivity contribution in [3.8, 4) is 11.5 Å². The normalized spacial score (nSPS) is 10.3. The topological polar surface area (TPSA) is 182 Å². The van der Waals surface area contributed by atoms with Gasteiger partial charge in [-0.25, -0.2) is 0 Å². The van der Waals surface area contributed by atoms with E-state index in [1.807, 2.05) is 0 Å². The number of rotatable bonds is 6.